The minimum absolute atomic E-state index is 0.0759. The van der Waals surface area contributed by atoms with Gasteiger partial charge in [0.2, 0.25) is 5.91 Å². The van der Waals surface area contributed by atoms with Crippen molar-refractivity contribution in [3.8, 4) is 28.4 Å². The van der Waals surface area contributed by atoms with Gasteiger partial charge in [0.25, 0.3) is 0 Å². The zero-order valence-corrected chi connectivity index (χ0v) is 19.9. The lowest BCUT2D eigenvalue weighted by atomic mass is 9.94. The molecular formula is C31H29NO3. The molecule has 1 amide bonds. The van der Waals surface area contributed by atoms with Gasteiger partial charge in [-0.1, -0.05) is 48.5 Å². The monoisotopic (exact) mass is 463 g/mol. The highest BCUT2D eigenvalue weighted by molar-refractivity contribution is 5.97. The molecule has 4 heteroatoms. The van der Waals surface area contributed by atoms with Crippen LogP contribution in [-0.4, -0.2) is 29.0 Å². The normalized spacial score (nSPS) is 13.9. The average Bonchev–Trinajstić information content (AvgIpc) is 2.89. The van der Waals surface area contributed by atoms with Crippen LogP contribution in [0.2, 0.25) is 0 Å². The van der Waals surface area contributed by atoms with E-state index in [9.17, 15) is 9.90 Å². The van der Waals surface area contributed by atoms with Gasteiger partial charge in [0, 0.05) is 30.1 Å². The van der Waals surface area contributed by atoms with Crippen molar-refractivity contribution >= 4 is 22.8 Å². The molecular weight excluding hydrogens is 434 g/mol. The van der Waals surface area contributed by atoms with Gasteiger partial charge < -0.3 is 14.7 Å². The molecule has 0 saturated carbocycles. The zero-order valence-electron chi connectivity index (χ0n) is 19.9. The predicted molar refractivity (Wildman–Crippen MR) is 142 cm³/mol. The number of aryl methyl sites for hydroxylation is 1. The Morgan fingerprint density at radius 2 is 1.66 bits per heavy atom. The largest absolute Gasteiger partial charge is 0.508 e. The Kier molecular flexibility index (Phi) is 6.53. The second-order valence-corrected chi connectivity index (χ2v) is 9.06. The summed E-state index contributed by atoms with van der Waals surface area (Å²) >= 11 is 0. The minimum atomic E-state index is 0.0759. The highest BCUT2D eigenvalue weighted by atomic mass is 16.5. The van der Waals surface area contributed by atoms with Crippen molar-refractivity contribution in [1.29, 1.82) is 0 Å². The molecule has 1 aliphatic heterocycles. The number of piperidine rings is 1. The van der Waals surface area contributed by atoms with Gasteiger partial charge in [-0.2, -0.15) is 0 Å². The fourth-order valence-corrected chi connectivity index (χ4v) is 4.72. The van der Waals surface area contributed by atoms with E-state index >= 15 is 0 Å². The second-order valence-electron chi connectivity index (χ2n) is 9.06. The first-order chi connectivity index (χ1) is 17.1. The number of aromatic hydroxyl groups is 1. The number of fused-ring (bicyclic) bond motifs is 1. The standard InChI is InChI=1S/C31H29NO3/c1-22-20-25-21-26(33)13-16-28(25)31(30(22)24-8-4-2-5-9-24)35-27-14-10-23(11-15-27)12-17-29(34)32-18-6-3-7-19-32/h2,4-5,8-17,20-21,33H,3,6-7,18-19H2,1H3/b17-12+. The smallest absolute Gasteiger partial charge is 0.246 e. The third kappa shape index (κ3) is 5.07. The van der Waals surface area contributed by atoms with E-state index in [1.165, 1.54) is 6.42 Å². The Morgan fingerprint density at radius 3 is 2.40 bits per heavy atom. The Balaban J connectivity index is 1.45. The first kappa shape index (κ1) is 22.7. The Bertz CT molecular complexity index is 1370. The molecule has 4 nitrogen and oxygen atoms in total. The molecule has 0 unspecified atom stereocenters. The summed E-state index contributed by atoms with van der Waals surface area (Å²) in [5.74, 6) is 1.77. The van der Waals surface area contributed by atoms with E-state index in [1.807, 2.05) is 59.5 Å². The molecule has 1 aliphatic rings. The van der Waals surface area contributed by atoms with Gasteiger partial charge in [-0.15, -0.1) is 0 Å². The van der Waals surface area contributed by atoms with Gasteiger partial charge in [0.1, 0.15) is 17.2 Å². The molecule has 5 rings (SSSR count). The van der Waals surface area contributed by atoms with Crippen molar-refractivity contribution < 1.29 is 14.6 Å². The van der Waals surface area contributed by atoms with E-state index in [0.29, 0.717) is 5.75 Å². The molecule has 1 N–H and O–H groups in total. The van der Waals surface area contributed by atoms with Crippen molar-refractivity contribution in [2.45, 2.75) is 26.2 Å². The van der Waals surface area contributed by atoms with Gasteiger partial charge in [-0.3, -0.25) is 4.79 Å². The van der Waals surface area contributed by atoms with E-state index in [4.69, 9.17) is 4.74 Å². The van der Waals surface area contributed by atoms with Crippen LogP contribution >= 0.6 is 0 Å². The van der Waals surface area contributed by atoms with Gasteiger partial charge >= 0.3 is 0 Å². The molecule has 35 heavy (non-hydrogen) atoms. The molecule has 1 heterocycles. The van der Waals surface area contributed by atoms with Crippen LogP contribution in [0.15, 0.2) is 84.9 Å². The summed E-state index contributed by atoms with van der Waals surface area (Å²) in [5.41, 5.74) is 4.12. The van der Waals surface area contributed by atoms with Crippen LogP contribution in [0.4, 0.5) is 0 Å². The fourth-order valence-electron chi connectivity index (χ4n) is 4.72. The number of phenols is 1. The fraction of sp³-hybridized carbons (Fsp3) is 0.194. The van der Waals surface area contributed by atoms with Crippen molar-refractivity contribution in [2.24, 2.45) is 0 Å². The van der Waals surface area contributed by atoms with Crippen LogP contribution in [-0.2, 0) is 4.79 Å². The van der Waals surface area contributed by atoms with Gasteiger partial charge in [0.05, 0.1) is 0 Å². The van der Waals surface area contributed by atoms with Crippen molar-refractivity contribution in [3.05, 3.63) is 96.1 Å². The lowest BCUT2D eigenvalue weighted by Crippen LogP contribution is -2.34. The zero-order chi connectivity index (χ0) is 24.2. The van der Waals surface area contributed by atoms with Crippen molar-refractivity contribution in [1.82, 2.24) is 4.90 Å². The van der Waals surface area contributed by atoms with E-state index in [0.717, 1.165) is 64.7 Å². The van der Waals surface area contributed by atoms with E-state index in [1.54, 1.807) is 18.2 Å². The summed E-state index contributed by atoms with van der Waals surface area (Å²) in [6.45, 7) is 3.76. The summed E-state index contributed by atoms with van der Waals surface area (Å²) in [6, 6.07) is 25.4. The maximum atomic E-state index is 12.4. The van der Waals surface area contributed by atoms with Crippen LogP contribution in [0.25, 0.3) is 28.0 Å². The molecule has 0 atom stereocenters. The number of carbonyl (C=O) groups is 1. The summed E-state index contributed by atoms with van der Waals surface area (Å²) < 4.78 is 6.49. The number of phenolic OH excluding ortho intramolecular Hbond substituents is 1. The molecule has 0 aromatic heterocycles. The molecule has 0 spiro atoms. The van der Waals surface area contributed by atoms with Gasteiger partial charge in [-0.25, -0.2) is 0 Å². The third-order valence-corrected chi connectivity index (χ3v) is 6.52. The van der Waals surface area contributed by atoms with Crippen LogP contribution in [0, 0.1) is 6.92 Å². The SMILES string of the molecule is Cc1cc2cc(O)ccc2c(Oc2ccc(/C=C/C(=O)N3CCCCC3)cc2)c1-c1ccccc1. The molecule has 0 aliphatic carbocycles. The maximum Gasteiger partial charge on any atom is 0.246 e. The van der Waals surface area contributed by atoms with Crippen LogP contribution < -0.4 is 4.74 Å². The number of benzene rings is 4. The minimum Gasteiger partial charge on any atom is -0.508 e. The number of nitrogens with zero attached hydrogens (tertiary/aromatic N) is 1. The lowest BCUT2D eigenvalue weighted by molar-refractivity contribution is -0.126. The Hall–Kier alpha value is -4.05. The number of amides is 1. The van der Waals surface area contributed by atoms with Crippen molar-refractivity contribution in [3.63, 3.8) is 0 Å². The van der Waals surface area contributed by atoms with E-state index < -0.39 is 0 Å². The molecule has 4 aromatic rings. The predicted octanol–water partition coefficient (Wildman–Crippen LogP) is 7.34. The van der Waals surface area contributed by atoms with Gasteiger partial charge in [0.15, 0.2) is 0 Å². The number of ether oxygens (including phenoxy) is 1. The highest BCUT2D eigenvalue weighted by Crippen LogP contribution is 2.42. The summed E-state index contributed by atoms with van der Waals surface area (Å²) in [5, 5.41) is 11.9. The van der Waals surface area contributed by atoms with Crippen molar-refractivity contribution in [2.75, 3.05) is 13.1 Å². The number of hydrogen-bond donors (Lipinski definition) is 1. The molecule has 1 fully saturated rings. The highest BCUT2D eigenvalue weighted by Gasteiger charge is 2.16. The topological polar surface area (TPSA) is 49.8 Å². The number of hydrogen-bond acceptors (Lipinski definition) is 3. The van der Waals surface area contributed by atoms with Crippen LogP contribution in [0.3, 0.4) is 0 Å². The number of carbonyl (C=O) groups excluding carboxylic acids is 1. The first-order valence-electron chi connectivity index (χ1n) is 12.2. The lowest BCUT2D eigenvalue weighted by Gasteiger charge is -2.25. The Morgan fingerprint density at radius 1 is 0.914 bits per heavy atom. The molecule has 0 bridgehead atoms. The summed E-state index contributed by atoms with van der Waals surface area (Å²) in [6.07, 6.45) is 6.90. The Labute approximate surface area is 206 Å². The van der Waals surface area contributed by atoms with Gasteiger partial charge in [-0.05, 0) is 84.7 Å². The summed E-state index contributed by atoms with van der Waals surface area (Å²) in [4.78, 5) is 14.3. The molecule has 0 radical (unpaired) electrons. The molecule has 4 aromatic carbocycles. The maximum absolute atomic E-state index is 12.4. The quantitative estimate of drug-likeness (QED) is 0.315. The number of rotatable bonds is 5. The summed E-state index contributed by atoms with van der Waals surface area (Å²) in [7, 11) is 0. The van der Waals surface area contributed by atoms with E-state index in [2.05, 4.69) is 25.1 Å². The third-order valence-electron chi connectivity index (χ3n) is 6.52. The first-order valence-corrected chi connectivity index (χ1v) is 12.2. The van der Waals surface area contributed by atoms with E-state index in [-0.39, 0.29) is 11.7 Å². The molecule has 176 valence electrons. The molecule has 1 saturated heterocycles. The van der Waals surface area contributed by atoms with Crippen LogP contribution in [0.5, 0.6) is 17.2 Å². The number of likely N-dealkylation sites (tertiary alicyclic amines) is 1. The average molecular weight is 464 g/mol. The second kappa shape index (κ2) is 10.1. The van der Waals surface area contributed by atoms with Crippen LogP contribution in [0.1, 0.15) is 30.4 Å².